The summed E-state index contributed by atoms with van der Waals surface area (Å²) >= 11 is 0. The lowest BCUT2D eigenvalue weighted by atomic mass is 10.3. The first-order valence-corrected chi connectivity index (χ1v) is 4.32. The van der Waals surface area contributed by atoms with E-state index in [-0.39, 0.29) is 0 Å². The molecular weight excluding hydrogens is 199 g/mol. The predicted octanol–water partition coefficient (Wildman–Crippen LogP) is 1.90. The van der Waals surface area contributed by atoms with Crippen LogP contribution in [0.3, 0.4) is 0 Å². The molecule has 0 rings (SSSR count). The van der Waals surface area contributed by atoms with Crippen LogP contribution >= 0.6 is 0 Å². The normalized spacial score (nSPS) is 12.4. The van der Waals surface area contributed by atoms with Crippen molar-refractivity contribution in [1.82, 2.24) is 4.90 Å². The maximum Gasteiger partial charge on any atom is 0.673 e. The van der Waals surface area contributed by atoms with Crippen molar-refractivity contribution in [1.29, 1.82) is 0 Å². The van der Waals surface area contributed by atoms with Gasteiger partial charge in [0.15, 0.2) is 0 Å². The van der Waals surface area contributed by atoms with Crippen LogP contribution in [-0.2, 0) is 0 Å². The molecule has 0 aromatic rings. The Labute approximate surface area is 83.2 Å². The third-order valence-electron chi connectivity index (χ3n) is 1.52. The van der Waals surface area contributed by atoms with Crippen molar-refractivity contribution in [3.05, 3.63) is 0 Å². The number of quaternary nitrogens is 1. The fourth-order valence-corrected chi connectivity index (χ4v) is 0.866. The van der Waals surface area contributed by atoms with Gasteiger partial charge in [0.2, 0.25) is 0 Å². The Bertz CT molecular complexity index is 141. The van der Waals surface area contributed by atoms with E-state index in [0.29, 0.717) is 0 Å². The van der Waals surface area contributed by atoms with Gasteiger partial charge in [-0.3, -0.25) is 4.90 Å². The van der Waals surface area contributed by atoms with E-state index in [2.05, 4.69) is 40.0 Å². The Kier molecular flexibility index (Phi) is 7.19. The Balaban J connectivity index is 0. The molecule has 0 spiro atoms. The van der Waals surface area contributed by atoms with Crippen LogP contribution < -0.4 is 0 Å². The van der Waals surface area contributed by atoms with Gasteiger partial charge in [-0.05, 0) is 21.0 Å². The van der Waals surface area contributed by atoms with E-state index >= 15 is 0 Å². The SMILES string of the molecule is CC[N+](C)(C)CN(C)C.F[B-](F)(F)F. The van der Waals surface area contributed by atoms with Gasteiger partial charge in [-0.2, -0.15) is 0 Å². The minimum atomic E-state index is -6.00. The lowest BCUT2D eigenvalue weighted by molar-refractivity contribution is -0.897. The summed E-state index contributed by atoms with van der Waals surface area (Å²) in [6, 6.07) is 0. The first kappa shape index (κ1) is 16.1. The summed E-state index contributed by atoms with van der Waals surface area (Å²) in [5.41, 5.74) is 0. The topological polar surface area (TPSA) is 3.24 Å². The molecule has 0 amide bonds. The molecule has 88 valence electrons. The zero-order valence-electron chi connectivity index (χ0n) is 9.40. The first-order chi connectivity index (χ1) is 5.98. The van der Waals surface area contributed by atoms with Crippen LogP contribution in [0, 0.1) is 0 Å². The standard InChI is InChI=1S/C7H19N2.BF4/c1-6-9(4,5)7-8(2)3;2-1(3,4)5/h6-7H2,1-5H3;/q+1;-1. The number of hydrogen-bond acceptors (Lipinski definition) is 1. The Morgan fingerprint density at radius 2 is 1.36 bits per heavy atom. The van der Waals surface area contributed by atoms with E-state index in [0.717, 1.165) is 11.2 Å². The molecule has 0 fully saturated rings. The highest BCUT2D eigenvalue weighted by Gasteiger charge is 2.20. The number of nitrogens with zero attached hydrogens (tertiary/aromatic N) is 2. The van der Waals surface area contributed by atoms with Crippen LogP contribution in [0.1, 0.15) is 6.92 Å². The number of halogens is 4. The summed E-state index contributed by atoms with van der Waals surface area (Å²) in [7, 11) is 2.69. The lowest BCUT2D eigenvalue weighted by Gasteiger charge is -2.30. The van der Waals surface area contributed by atoms with E-state index in [9.17, 15) is 17.3 Å². The minimum absolute atomic E-state index is 1.08. The molecule has 0 bridgehead atoms. The quantitative estimate of drug-likeness (QED) is 0.302. The number of rotatable bonds is 3. The van der Waals surface area contributed by atoms with Crippen molar-refractivity contribution in [2.45, 2.75) is 6.92 Å². The third-order valence-corrected chi connectivity index (χ3v) is 1.52. The highest BCUT2D eigenvalue weighted by atomic mass is 19.5. The van der Waals surface area contributed by atoms with Crippen molar-refractivity contribution in [3.63, 3.8) is 0 Å². The van der Waals surface area contributed by atoms with E-state index < -0.39 is 7.25 Å². The van der Waals surface area contributed by atoms with Gasteiger partial charge in [0.1, 0.15) is 6.67 Å². The molecule has 0 aromatic heterocycles. The van der Waals surface area contributed by atoms with Gasteiger partial charge < -0.3 is 21.7 Å². The van der Waals surface area contributed by atoms with Crippen molar-refractivity contribution < 1.29 is 21.7 Å². The molecule has 0 aliphatic carbocycles. The van der Waals surface area contributed by atoms with E-state index in [4.69, 9.17) is 0 Å². The average Bonchev–Trinajstić information content (AvgIpc) is 1.80. The molecule has 0 unspecified atom stereocenters. The van der Waals surface area contributed by atoms with Crippen molar-refractivity contribution in [2.75, 3.05) is 41.4 Å². The summed E-state index contributed by atoms with van der Waals surface area (Å²) in [5, 5.41) is 0. The molecule has 0 saturated carbocycles. The van der Waals surface area contributed by atoms with E-state index in [1.54, 1.807) is 0 Å². The van der Waals surface area contributed by atoms with Crippen molar-refractivity contribution in [2.24, 2.45) is 0 Å². The van der Waals surface area contributed by atoms with E-state index in [1.165, 1.54) is 6.54 Å². The zero-order valence-corrected chi connectivity index (χ0v) is 9.40. The Hall–Kier alpha value is -0.295. The average molecular weight is 218 g/mol. The predicted molar refractivity (Wildman–Crippen MR) is 51.4 cm³/mol. The zero-order chi connectivity index (χ0) is 12.0. The maximum atomic E-state index is 9.75. The van der Waals surface area contributed by atoms with Crippen molar-refractivity contribution in [3.8, 4) is 0 Å². The van der Waals surface area contributed by atoms with Gasteiger partial charge >= 0.3 is 7.25 Å². The van der Waals surface area contributed by atoms with Gasteiger partial charge in [0.05, 0.1) is 20.6 Å². The second-order valence-corrected chi connectivity index (χ2v) is 3.97. The van der Waals surface area contributed by atoms with E-state index in [1.807, 2.05) is 0 Å². The van der Waals surface area contributed by atoms with Gasteiger partial charge in [0.25, 0.3) is 0 Å². The monoisotopic (exact) mass is 218 g/mol. The fraction of sp³-hybridized carbons (Fsp3) is 1.00. The van der Waals surface area contributed by atoms with Crippen LogP contribution in [0.4, 0.5) is 17.3 Å². The summed E-state index contributed by atoms with van der Waals surface area (Å²) in [6.45, 7) is 4.53. The molecular formula is C7H19BF4N2. The van der Waals surface area contributed by atoms with Crippen LogP contribution in [0.25, 0.3) is 0 Å². The van der Waals surface area contributed by atoms with Gasteiger partial charge in [-0.1, -0.05) is 0 Å². The Morgan fingerprint density at radius 1 is 1.07 bits per heavy atom. The molecule has 0 saturated heterocycles. The molecule has 0 atom stereocenters. The second kappa shape index (κ2) is 6.24. The highest BCUT2D eigenvalue weighted by Crippen LogP contribution is 2.06. The Morgan fingerprint density at radius 3 is 1.43 bits per heavy atom. The molecule has 0 N–H and O–H groups in total. The van der Waals surface area contributed by atoms with Crippen LogP contribution in [0.5, 0.6) is 0 Å². The molecule has 0 heterocycles. The lowest BCUT2D eigenvalue weighted by Crippen LogP contribution is -2.45. The molecule has 0 radical (unpaired) electrons. The maximum absolute atomic E-state index is 9.75. The molecule has 7 heteroatoms. The van der Waals surface area contributed by atoms with Gasteiger partial charge in [0, 0.05) is 0 Å². The second-order valence-electron chi connectivity index (χ2n) is 3.97. The molecule has 0 aliphatic heterocycles. The van der Waals surface area contributed by atoms with Crippen LogP contribution in [0.2, 0.25) is 0 Å². The summed E-state index contributed by atoms with van der Waals surface area (Å²) < 4.78 is 40.1. The minimum Gasteiger partial charge on any atom is -0.418 e. The molecule has 0 aromatic carbocycles. The van der Waals surface area contributed by atoms with Crippen molar-refractivity contribution >= 4 is 7.25 Å². The smallest absolute Gasteiger partial charge is 0.418 e. The molecule has 0 aliphatic rings. The third kappa shape index (κ3) is 22.6. The highest BCUT2D eigenvalue weighted by molar-refractivity contribution is 6.50. The van der Waals surface area contributed by atoms with Crippen LogP contribution in [-0.4, -0.2) is 58.0 Å². The van der Waals surface area contributed by atoms with Gasteiger partial charge in [-0.25, -0.2) is 0 Å². The van der Waals surface area contributed by atoms with Crippen LogP contribution in [0.15, 0.2) is 0 Å². The number of hydrogen-bond donors (Lipinski definition) is 0. The summed E-state index contributed by atoms with van der Waals surface area (Å²) in [5.74, 6) is 0. The molecule has 14 heavy (non-hydrogen) atoms. The summed E-state index contributed by atoms with van der Waals surface area (Å²) in [4.78, 5) is 2.21. The fourth-order valence-electron chi connectivity index (χ4n) is 0.866. The van der Waals surface area contributed by atoms with Gasteiger partial charge in [-0.15, -0.1) is 0 Å². The summed E-state index contributed by atoms with van der Waals surface area (Å²) in [6.07, 6.45) is 0. The largest absolute Gasteiger partial charge is 0.673 e. The molecule has 2 nitrogen and oxygen atoms in total. The first-order valence-electron chi connectivity index (χ1n) is 4.32.